The van der Waals surface area contributed by atoms with Crippen LogP contribution >= 0.6 is 15.9 Å². The maximum Gasteiger partial charge on any atom is 0.419 e. The molecule has 1 amide bonds. The van der Waals surface area contributed by atoms with Crippen LogP contribution in [-0.2, 0) is 17.5 Å². The number of amides is 1. The van der Waals surface area contributed by atoms with Crippen LogP contribution in [0.5, 0.6) is 0 Å². The van der Waals surface area contributed by atoms with E-state index in [0.717, 1.165) is 17.1 Å². The first-order chi connectivity index (χ1) is 12.5. The summed E-state index contributed by atoms with van der Waals surface area (Å²) >= 11 is 2.84. The number of nitrogens with zero attached hydrogens (tertiary/aromatic N) is 4. The molecule has 0 radical (unpaired) electrons. The summed E-state index contributed by atoms with van der Waals surface area (Å²) in [6.45, 7) is -0.673. The van der Waals surface area contributed by atoms with Gasteiger partial charge in [-0.25, -0.2) is 4.98 Å². The standard InChI is InChI=1S/C15H8BrF4N5O2/c1-2-14(27,7-25-6-10(16)12(17)24-25)13(26)23-8-3-9(15(18,19)20)11(4-21)22-5-8/h1,3,5-6,27H,7H2,(H,23,26)/t14-/m0/s1. The van der Waals surface area contributed by atoms with E-state index in [9.17, 15) is 27.5 Å². The second-order valence-corrected chi connectivity index (χ2v) is 6.01. The van der Waals surface area contributed by atoms with Crippen LogP contribution in [-0.4, -0.2) is 31.4 Å². The zero-order valence-electron chi connectivity index (χ0n) is 13.1. The van der Waals surface area contributed by atoms with E-state index in [1.54, 1.807) is 5.92 Å². The van der Waals surface area contributed by atoms with Gasteiger partial charge in [0.15, 0.2) is 5.69 Å². The van der Waals surface area contributed by atoms with Crippen LogP contribution in [0, 0.1) is 29.6 Å². The molecule has 0 aliphatic heterocycles. The highest BCUT2D eigenvalue weighted by molar-refractivity contribution is 9.10. The number of aromatic nitrogens is 3. The monoisotopic (exact) mass is 445 g/mol. The number of carbonyl (C=O) groups excluding carboxylic acids is 1. The topological polar surface area (TPSA) is 104 Å². The maximum absolute atomic E-state index is 13.2. The van der Waals surface area contributed by atoms with Crippen LogP contribution in [0.15, 0.2) is 22.9 Å². The zero-order chi connectivity index (χ0) is 20.4. The maximum atomic E-state index is 13.2. The molecule has 0 aliphatic rings. The van der Waals surface area contributed by atoms with Gasteiger partial charge >= 0.3 is 6.18 Å². The molecule has 0 saturated heterocycles. The predicted octanol–water partition coefficient (Wildman–Crippen LogP) is 2.07. The molecule has 0 fully saturated rings. The Kier molecular flexibility index (Phi) is 5.54. The average Bonchev–Trinajstić information content (AvgIpc) is 2.91. The summed E-state index contributed by atoms with van der Waals surface area (Å²) in [5.41, 5.74) is -5.26. The summed E-state index contributed by atoms with van der Waals surface area (Å²) in [7, 11) is 0. The van der Waals surface area contributed by atoms with E-state index in [0.29, 0.717) is 6.07 Å². The molecule has 2 rings (SSSR count). The summed E-state index contributed by atoms with van der Waals surface area (Å²) in [6, 6.07) is 1.76. The first kappa shape index (κ1) is 20.4. The number of halogens is 5. The molecule has 1 atom stereocenters. The van der Waals surface area contributed by atoms with Gasteiger partial charge in [0.25, 0.3) is 5.91 Å². The number of anilines is 1. The fourth-order valence-electron chi connectivity index (χ4n) is 1.94. The molecule has 0 spiro atoms. The lowest BCUT2D eigenvalue weighted by Gasteiger charge is -2.21. The van der Waals surface area contributed by atoms with Gasteiger partial charge in [0.05, 0.1) is 28.5 Å². The lowest BCUT2D eigenvalue weighted by Crippen LogP contribution is -2.45. The molecule has 0 aliphatic carbocycles. The smallest absolute Gasteiger partial charge is 0.368 e. The molecule has 0 saturated carbocycles. The van der Waals surface area contributed by atoms with E-state index in [2.05, 4.69) is 26.0 Å². The Balaban J connectivity index is 2.29. The Morgan fingerprint density at radius 3 is 2.63 bits per heavy atom. The van der Waals surface area contributed by atoms with Crippen LogP contribution in [0.3, 0.4) is 0 Å². The Morgan fingerprint density at radius 2 is 2.15 bits per heavy atom. The van der Waals surface area contributed by atoms with Crippen molar-refractivity contribution in [3.05, 3.63) is 40.1 Å². The van der Waals surface area contributed by atoms with Crippen molar-refractivity contribution in [3.63, 3.8) is 0 Å². The van der Waals surface area contributed by atoms with Gasteiger partial charge < -0.3 is 10.4 Å². The number of hydrogen-bond acceptors (Lipinski definition) is 5. The number of nitrogens with one attached hydrogen (secondary N) is 1. The van der Waals surface area contributed by atoms with Crippen molar-refractivity contribution >= 4 is 27.5 Å². The van der Waals surface area contributed by atoms with Crippen LogP contribution in [0.25, 0.3) is 0 Å². The van der Waals surface area contributed by atoms with Gasteiger partial charge in [0.1, 0.15) is 6.07 Å². The molecule has 0 aromatic carbocycles. The molecule has 27 heavy (non-hydrogen) atoms. The highest BCUT2D eigenvalue weighted by Crippen LogP contribution is 2.32. The normalized spacial score (nSPS) is 13.3. The Hall–Kier alpha value is -2.96. The number of alkyl halides is 3. The largest absolute Gasteiger partial charge is 0.419 e. The van der Waals surface area contributed by atoms with E-state index in [1.807, 2.05) is 5.32 Å². The molecule has 7 nitrogen and oxygen atoms in total. The van der Waals surface area contributed by atoms with Crippen molar-refractivity contribution in [3.8, 4) is 18.4 Å². The van der Waals surface area contributed by atoms with Crippen molar-refractivity contribution in [2.45, 2.75) is 18.3 Å². The van der Waals surface area contributed by atoms with Gasteiger partial charge in [-0.2, -0.15) is 22.8 Å². The van der Waals surface area contributed by atoms with Crippen LogP contribution in [0.2, 0.25) is 0 Å². The first-order valence-electron chi connectivity index (χ1n) is 6.87. The van der Waals surface area contributed by atoms with E-state index in [1.165, 1.54) is 6.07 Å². The minimum absolute atomic E-state index is 0.0478. The molecular formula is C15H8BrF4N5O2. The van der Waals surface area contributed by atoms with Gasteiger partial charge in [-0.05, 0) is 22.0 Å². The van der Waals surface area contributed by atoms with E-state index < -0.39 is 47.1 Å². The summed E-state index contributed by atoms with van der Waals surface area (Å²) in [4.78, 5) is 15.6. The molecule has 140 valence electrons. The minimum Gasteiger partial charge on any atom is -0.368 e. The molecule has 0 bridgehead atoms. The molecule has 0 unspecified atom stereocenters. The lowest BCUT2D eigenvalue weighted by molar-refractivity contribution is -0.138. The Labute approximate surface area is 157 Å². The average molecular weight is 446 g/mol. The molecule has 2 N–H and O–H groups in total. The molecule has 2 heterocycles. The van der Waals surface area contributed by atoms with Crippen LogP contribution in [0.1, 0.15) is 11.3 Å². The van der Waals surface area contributed by atoms with E-state index in [-0.39, 0.29) is 4.47 Å². The van der Waals surface area contributed by atoms with Gasteiger partial charge in [0, 0.05) is 6.20 Å². The molecule has 2 aromatic heterocycles. The molecular weight excluding hydrogens is 438 g/mol. The molecule has 12 heteroatoms. The quantitative estimate of drug-likeness (QED) is 0.553. The number of rotatable bonds is 4. The van der Waals surface area contributed by atoms with Crippen molar-refractivity contribution in [2.24, 2.45) is 0 Å². The van der Waals surface area contributed by atoms with Gasteiger partial charge in [0.2, 0.25) is 11.5 Å². The summed E-state index contributed by atoms with van der Waals surface area (Å²) in [5, 5.41) is 24.4. The highest BCUT2D eigenvalue weighted by atomic mass is 79.9. The SMILES string of the molecule is C#C[C@](O)(Cn1cc(Br)c(F)n1)C(=O)Nc1cnc(C#N)c(C(F)(F)F)c1. The van der Waals surface area contributed by atoms with Gasteiger partial charge in [-0.1, -0.05) is 5.92 Å². The fraction of sp³-hybridized carbons (Fsp3) is 0.200. The Bertz CT molecular complexity index is 957. The van der Waals surface area contributed by atoms with Crippen molar-refractivity contribution in [1.29, 1.82) is 5.26 Å². The number of hydrogen-bond donors (Lipinski definition) is 2. The van der Waals surface area contributed by atoms with E-state index >= 15 is 0 Å². The third-order valence-electron chi connectivity index (χ3n) is 3.24. The second kappa shape index (κ2) is 7.34. The first-order valence-corrected chi connectivity index (χ1v) is 7.67. The van der Waals surface area contributed by atoms with Crippen LogP contribution in [0.4, 0.5) is 23.2 Å². The number of aliphatic hydroxyl groups is 1. The van der Waals surface area contributed by atoms with Crippen LogP contribution < -0.4 is 5.32 Å². The fourth-order valence-corrected chi connectivity index (χ4v) is 2.26. The minimum atomic E-state index is -4.89. The number of terminal acetylenes is 1. The molecule has 2 aromatic rings. The zero-order valence-corrected chi connectivity index (χ0v) is 14.6. The third-order valence-corrected chi connectivity index (χ3v) is 3.77. The van der Waals surface area contributed by atoms with E-state index in [4.69, 9.17) is 11.7 Å². The van der Waals surface area contributed by atoms with Crippen molar-refractivity contribution < 1.29 is 27.5 Å². The summed E-state index contributed by atoms with van der Waals surface area (Å²) in [5.74, 6) is -0.390. The number of carbonyl (C=O) groups is 1. The summed E-state index contributed by atoms with van der Waals surface area (Å²) in [6.07, 6.45) is 2.17. The number of nitriles is 1. The highest BCUT2D eigenvalue weighted by Gasteiger charge is 2.37. The lowest BCUT2D eigenvalue weighted by atomic mass is 10.0. The van der Waals surface area contributed by atoms with Crippen molar-refractivity contribution in [1.82, 2.24) is 14.8 Å². The number of pyridine rings is 1. The van der Waals surface area contributed by atoms with Crippen molar-refractivity contribution in [2.75, 3.05) is 5.32 Å². The predicted molar refractivity (Wildman–Crippen MR) is 86.3 cm³/mol. The van der Waals surface area contributed by atoms with Gasteiger partial charge in [-0.15, -0.1) is 11.5 Å². The van der Waals surface area contributed by atoms with Gasteiger partial charge in [-0.3, -0.25) is 9.48 Å². The third kappa shape index (κ3) is 4.42. The summed E-state index contributed by atoms with van der Waals surface area (Å²) < 4.78 is 52.9. The second-order valence-electron chi connectivity index (χ2n) is 5.15. The Morgan fingerprint density at radius 1 is 1.48 bits per heavy atom.